The highest BCUT2D eigenvalue weighted by atomic mass is 79.9. The van der Waals surface area contributed by atoms with Crippen LogP contribution < -0.4 is 5.32 Å². The molecule has 28 heavy (non-hydrogen) atoms. The summed E-state index contributed by atoms with van der Waals surface area (Å²) in [6.07, 6.45) is -0.907. The van der Waals surface area contributed by atoms with Crippen LogP contribution in [0, 0.1) is 13.8 Å². The smallest absolute Gasteiger partial charge is 0.410 e. The van der Waals surface area contributed by atoms with Crippen molar-refractivity contribution in [3.63, 3.8) is 0 Å². The Balaban J connectivity index is 2.30. The molecule has 1 N–H and O–H groups in total. The maximum absolute atomic E-state index is 12.5. The van der Waals surface area contributed by atoms with Gasteiger partial charge >= 0.3 is 12.2 Å². The normalized spacial score (nSPS) is 16.2. The van der Waals surface area contributed by atoms with Crippen LogP contribution in [0.1, 0.15) is 58.2 Å². The summed E-state index contributed by atoms with van der Waals surface area (Å²) in [6.45, 7) is 15.6. The predicted octanol–water partition coefficient (Wildman–Crippen LogP) is 5.04. The van der Waals surface area contributed by atoms with Gasteiger partial charge in [-0.15, -0.1) is 0 Å². The summed E-state index contributed by atoms with van der Waals surface area (Å²) in [7, 11) is 0. The number of nitrogens with zero attached hydrogens (tertiary/aromatic N) is 1. The minimum Gasteiger partial charge on any atom is -0.444 e. The Morgan fingerprint density at radius 3 is 2.00 bits per heavy atom. The molecule has 156 valence electrons. The number of aryl methyl sites for hydroxylation is 2. The Kier molecular flexibility index (Phi) is 6.10. The molecule has 6 nitrogen and oxygen atoms in total. The van der Waals surface area contributed by atoms with Crippen LogP contribution in [-0.4, -0.2) is 41.4 Å². The molecule has 0 saturated carbocycles. The molecule has 0 unspecified atom stereocenters. The maximum atomic E-state index is 12.5. The maximum Gasteiger partial charge on any atom is 0.410 e. The van der Waals surface area contributed by atoms with Crippen molar-refractivity contribution in [2.75, 3.05) is 13.1 Å². The summed E-state index contributed by atoms with van der Waals surface area (Å²) in [5, 5.41) is 3.00. The average Bonchev–Trinajstić information content (AvgIpc) is 2.42. The van der Waals surface area contributed by atoms with Gasteiger partial charge in [0.1, 0.15) is 16.7 Å². The lowest BCUT2D eigenvalue weighted by molar-refractivity contribution is -0.0231. The molecule has 1 aliphatic rings. The molecular weight excluding hydrogens is 424 g/mol. The fraction of sp³-hybridized carbons (Fsp3) is 0.619. The number of benzene rings is 1. The van der Waals surface area contributed by atoms with Crippen LogP contribution in [0.25, 0.3) is 0 Å². The third-order valence-electron chi connectivity index (χ3n) is 4.41. The second-order valence-electron chi connectivity index (χ2n) is 9.46. The van der Waals surface area contributed by atoms with Crippen molar-refractivity contribution in [1.29, 1.82) is 0 Å². The molecule has 0 aromatic heterocycles. The Labute approximate surface area is 176 Å². The van der Waals surface area contributed by atoms with E-state index in [0.717, 1.165) is 21.2 Å². The van der Waals surface area contributed by atoms with Gasteiger partial charge in [-0.05, 0) is 78.1 Å². The number of carbonyl (C=O) groups is 2. The first-order chi connectivity index (χ1) is 12.6. The molecule has 0 bridgehead atoms. The molecule has 0 aliphatic carbocycles. The number of halogens is 1. The van der Waals surface area contributed by atoms with E-state index in [2.05, 4.69) is 21.2 Å². The molecule has 1 fully saturated rings. The number of carbonyl (C=O) groups excluding carboxylic acids is 2. The van der Waals surface area contributed by atoms with Crippen LogP contribution in [0.3, 0.4) is 0 Å². The highest BCUT2D eigenvalue weighted by molar-refractivity contribution is 9.10. The van der Waals surface area contributed by atoms with Crippen molar-refractivity contribution in [1.82, 2.24) is 10.2 Å². The lowest BCUT2D eigenvalue weighted by Gasteiger charge is -2.50. The van der Waals surface area contributed by atoms with Gasteiger partial charge in [-0.3, -0.25) is 0 Å². The molecule has 1 aromatic rings. The zero-order valence-corrected chi connectivity index (χ0v) is 19.6. The molecule has 0 atom stereocenters. The summed E-state index contributed by atoms with van der Waals surface area (Å²) >= 11 is 3.62. The highest BCUT2D eigenvalue weighted by Crippen LogP contribution is 2.38. The van der Waals surface area contributed by atoms with Gasteiger partial charge in [0.15, 0.2) is 0 Å². The van der Waals surface area contributed by atoms with E-state index >= 15 is 0 Å². The van der Waals surface area contributed by atoms with E-state index in [9.17, 15) is 9.59 Å². The Hall–Kier alpha value is -1.76. The number of hydrogen-bond donors (Lipinski definition) is 1. The van der Waals surface area contributed by atoms with Gasteiger partial charge < -0.3 is 19.7 Å². The van der Waals surface area contributed by atoms with Crippen molar-refractivity contribution in [3.05, 3.63) is 33.3 Å². The van der Waals surface area contributed by atoms with Crippen molar-refractivity contribution >= 4 is 28.1 Å². The Morgan fingerprint density at radius 1 is 1.00 bits per heavy atom. The quantitative estimate of drug-likeness (QED) is 0.679. The zero-order valence-electron chi connectivity index (χ0n) is 18.0. The highest BCUT2D eigenvalue weighted by Gasteiger charge is 2.50. The number of alkyl carbamates (subject to hydrolysis) is 1. The van der Waals surface area contributed by atoms with Crippen molar-refractivity contribution < 1.29 is 19.1 Å². The Bertz CT molecular complexity index is 772. The van der Waals surface area contributed by atoms with E-state index in [4.69, 9.17) is 9.47 Å². The minimum atomic E-state index is -0.740. The lowest BCUT2D eigenvalue weighted by Crippen LogP contribution is -2.69. The molecule has 1 heterocycles. The average molecular weight is 455 g/mol. The van der Waals surface area contributed by atoms with Crippen LogP contribution in [-0.2, 0) is 15.0 Å². The molecular formula is C21H31BrN2O4. The molecule has 0 radical (unpaired) electrons. The van der Waals surface area contributed by atoms with Crippen molar-refractivity contribution in [3.8, 4) is 0 Å². The summed E-state index contributed by atoms with van der Waals surface area (Å²) in [5.41, 5.74) is 1.25. The van der Waals surface area contributed by atoms with Crippen molar-refractivity contribution in [2.45, 2.75) is 72.1 Å². The van der Waals surface area contributed by atoms with E-state index < -0.39 is 28.9 Å². The zero-order chi connectivity index (χ0) is 21.5. The number of amides is 2. The minimum absolute atomic E-state index is 0.308. The van der Waals surface area contributed by atoms with Gasteiger partial charge in [-0.2, -0.15) is 0 Å². The van der Waals surface area contributed by atoms with Gasteiger partial charge in [-0.25, -0.2) is 9.59 Å². The van der Waals surface area contributed by atoms with Crippen molar-refractivity contribution in [2.24, 2.45) is 0 Å². The largest absolute Gasteiger partial charge is 0.444 e. The predicted molar refractivity (Wildman–Crippen MR) is 112 cm³/mol. The molecule has 0 spiro atoms. The molecule has 7 heteroatoms. The fourth-order valence-electron chi connectivity index (χ4n) is 3.02. The van der Waals surface area contributed by atoms with E-state index in [-0.39, 0.29) is 0 Å². The topological polar surface area (TPSA) is 67.9 Å². The van der Waals surface area contributed by atoms with E-state index in [1.54, 1.807) is 4.90 Å². The SMILES string of the molecule is Cc1cc(Br)c(C2(NC(=O)OC(C)(C)C)CN(C(=O)OC(C)(C)C)C2)cc1C. The summed E-state index contributed by atoms with van der Waals surface area (Å²) in [6, 6.07) is 4.07. The second-order valence-corrected chi connectivity index (χ2v) is 10.3. The summed E-state index contributed by atoms with van der Waals surface area (Å²) < 4.78 is 11.8. The van der Waals surface area contributed by atoms with Crippen LogP contribution in [0.4, 0.5) is 9.59 Å². The molecule has 2 rings (SSSR count). The molecule has 1 aliphatic heterocycles. The number of likely N-dealkylation sites (tertiary alicyclic amines) is 1. The van der Waals surface area contributed by atoms with Crippen LogP contribution in [0.2, 0.25) is 0 Å². The molecule has 1 saturated heterocycles. The number of ether oxygens (including phenoxy) is 2. The third-order valence-corrected chi connectivity index (χ3v) is 5.07. The fourth-order valence-corrected chi connectivity index (χ4v) is 3.86. The molecule has 1 aromatic carbocycles. The number of hydrogen-bond acceptors (Lipinski definition) is 4. The summed E-state index contributed by atoms with van der Waals surface area (Å²) in [4.78, 5) is 26.5. The standard InChI is InChI=1S/C21H31BrN2O4/c1-13-9-15(16(22)10-14(13)2)21(23-17(25)27-19(3,4)5)11-24(12-21)18(26)28-20(6,7)8/h9-10H,11-12H2,1-8H3,(H,23,25). The van der Waals surface area contributed by atoms with Gasteiger partial charge in [0, 0.05) is 4.47 Å². The van der Waals surface area contributed by atoms with Gasteiger partial charge in [-0.1, -0.05) is 22.0 Å². The van der Waals surface area contributed by atoms with Gasteiger partial charge in [0.25, 0.3) is 0 Å². The van der Waals surface area contributed by atoms with Crippen LogP contribution in [0.5, 0.6) is 0 Å². The lowest BCUT2D eigenvalue weighted by atomic mass is 9.81. The van der Waals surface area contributed by atoms with E-state index in [1.807, 2.05) is 67.5 Å². The Morgan fingerprint density at radius 2 is 1.50 bits per heavy atom. The first-order valence-electron chi connectivity index (χ1n) is 9.38. The number of rotatable bonds is 2. The first kappa shape index (κ1) is 22.5. The number of nitrogens with one attached hydrogen (secondary N) is 1. The van der Waals surface area contributed by atoms with Gasteiger partial charge in [0.2, 0.25) is 0 Å². The van der Waals surface area contributed by atoms with Gasteiger partial charge in [0.05, 0.1) is 13.1 Å². The molecule has 2 amide bonds. The van der Waals surface area contributed by atoms with E-state index in [1.165, 1.54) is 0 Å². The summed E-state index contributed by atoms with van der Waals surface area (Å²) in [5.74, 6) is 0. The van der Waals surface area contributed by atoms with Crippen LogP contribution >= 0.6 is 15.9 Å². The van der Waals surface area contributed by atoms with E-state index in [0.29, 0.717) is 13.1 Å². The monoisotopic (exact) mass is 454 g/mol. The second kappa shape index (κ2) is 7.58. The van der Waals surface area contributed by atoms with Crippen LogP contribution in [0.15, 0.2) is 16.6 Å². The third kappa shape index (κ3) is 5.40. The first-order valence-corrected chi connectivity index (χ1v) is 10.2.